The lowest BCUT2D eigenvalue weighted by atomic mass is 10.0. The summed E-state index contributed by atoms with van der Waals surface area (Å²) in [6.07, 6.45) is 0.111. The van der Waals surface area contributed by atoms with Crippen molar-refractivity contribution in [2.24, 2.45) is 5.73 Å². The van der Waals surface area contributed by atoms with E-state index < -0.39 is 11.9 Å². The Labute approximate surface area is 114 Å². The number of halogens is 1. The molecule has 0 fully saturated rings. The predicted octanol–water partition coefficient (Wildman–Crippen LogP) is 2.71. The summed E-state index contributed by atoms with van der Waals surface area (Å²) >= 11 is 1.44. The van der Waals surface area contributed by atoms with Crippen molar-refractivity contribution in [2.75, 3.05) is 7.11 Å². The quantitative estimate of drug-likeness (QED) is 0.915. The molecule has 19 heavy (non-hydrogen) atoms. The fourth-order valence-electron chi connectivity index (χ4n) is 1.76. The molecule has 0 radical (unpaired) electrons. The van der Waals surface area contributed by atoms with Gasteiger partial charge in [0.1, 0.15) is 0 Å². The van der Waals surface area contributed by atoms with Gasteiger partial charge >= 0.3 is 0 Å². The number of ether oxygens (including phenoxy) is 1. The highest BCUT2D eigenvalue weighted by Crippen LogP contribution is 2.21. The molecule has 0 aliphatic carbocycles. The maximum atomic E-state index is 13.5. The second kappa shape index (κ2) is 5.95. The minimum Gasteiger partial charge on any atom is -0.494 e. The van der Waals surface area contributed by atoms with Crippen LogP contribution < -0.4 is 10.5 Å². The molecule has 1 unspecified atom stereocenters. The molecule has 0 aliphatic heterocycles. The van der Waals surface area contributed by atoms with Gasteiger partial charge in [-0.05, 0) is 29.1 Å². The third-order valence-electron chi connectivity index (χ3n) is 2.79. The molecule has 2 aromatic rings. The van der Waals surface area contributed by atoms with Crippen LogP contribution >= 0.6 is 11.3 Å². The second-order valence-electron chi connectivity index (χ2n) is 4.11. The number of thiophene rings is 1. The van der Waals surface area contributed by atoms with Gasteiger partial charge < -0.3 is 10.5 Å². The first-order valence-corrected chi connectivity index (χ1v) is 6.64. The topological polar surface area (TPSA) is 52.3 Å². The SMILES string of the molecule is COc1ccc(CC(=O)C(N)c2cccs2)cc1F. The average molecular weight is 279 g/mol. The van der Waals surface area contributed by atoms with Gasteiger partial charge in [0, 0.05) is 11.3 Å². The molecule has 100 valence electrons. The zero-order valence-corrected chi connectivity index (χ0v) is 11.2. The van der Waals surface area contributed by atoms with Gasteiger partial charge in [0.2, 0.25) is 0 Å². The third kappa shape index (κ3) is 3.19. The van der Waals surface area contributed by atoms with E-state index in [0.717, 1.165) is 4.88 Å². The van der Waals surface area contributed by atoms with E-state index in [1.54, 1.807) is 6.07 Å². The van der Waals surface area contributed by atoms with Crippen LogP contribution in [0.1, 0.15) is 16.5 Å². The first-order valence-electron chi connectivity index (χ1n) is 5.76. The molecule has 0 bridgehead atoms. The van der Waals surface area contributed by atoms with Gasteiger partial charge in [-0.1, -0.05) is 12.1 Å². The monoisotopic (exact) mass is 279 g/mol. The zero-order chi connectivity index (χ0) is 13.8. The number of methoxy groups -OCH3 is 1. The van der Waals surface area contributed by atoms with Crippen molar-refractivity contribution in [3.05, 3.63) is 52.0 Å². The van der Waals surface area contributed by atoms with Crippen LogP contribution in [-0.2, 0) is 11.2 Å². The van der Waals surface area contributed by atoms with Crippen molar-refractivity contribution in [3.63, 3.8) is 0 Å². The van der Waals surface area contributed by atoms with Crippen LogP contribution in [0.25, 0.3) is 0 Å². The lowest BCUT2D eigenvalue weighted by Crippen LogP contribution is -2.22. The Morgan fingerprint density at radius 1 is 1.47 bits per heavy atom. The highest BCUT2D eigenvalue weighted by atomic mass is 32.1. The van der Waals surface area contributed by atoms with Crippen molar-refractivity contribution < 1.29 is 13.9 Å². The van der Waals surface area contributed by atoms with E-state index in [0.29, 0.717) is 5.56 Å². The number of carbonyl (C=O) groups is 1. The Kier molecular flexibility index (Phi) is 4.29. The molecule has 2 N–H and O–H groups in total. The maximum absolute atomic E-state index is 13.5. The van der Waals surface area contributed by atoms with Gasteiger partial charge in [-0.25, -0.2) is 4.39 Å². The van der Waals surface area contributed by atoms with Crippen LogP contribution in [0.15, 0.2) is 35.7 Å². The molecular formula is C14H14FNO2S. The number of carbonyl (C=O) groups excluding carboxylic acids is 1. The molecule has 2 rings (SSSR count). The first kappa shape index (κ1) is 13.7. The summed E-state index contributed by atoms with van der Waals surface area (Å²) in [7, 11) is 1.40. The molecule has 5 heteroatoms. The molecular weight excluding hydrogens is 265 g/mol. The number of ketones is 1. The normalized spacial score (nSPS) is 12.2. The summed E-state index contributed by atoms with van der Waals surface area (Å²) in [4.78, 5) is 12.8. The van der Waals surface area contributed by atoms with Crippen LogP contribution in [0.3, 0.4) is 0 Å². The number of benzene rings is 1. The van der Waals surface area contributed by atoms with Crippen LogP contribution in [-0.4, -0.2) is 12.9 Å². The average Bonchev–Trinajstić information content (AvgIpc) is 2.92. The molecule has 0 spiro atoms. The van der Waals surface area contributed by atoms with Crippen molar-refractivity contribution in [1.29, 1.82) is 0 Å². The smallest absolute Gasteiger partial charge is 0.165 e. The summed E-state index contributed by atoms with van der Waals surface area (Å²) < 4.78 is 18.3. The van der Waals surface area contributed by atoms with E-state index >= 15 is 0 Å². The summed E-state index contributed by atoms with van der Waals surface area (Å²) in [5.74, 6) is -0.441. The highest BCUT2D eigenvalue weighted by Gasteiger charge is 2.17. The Morgan fingerprint density at radius 3 is 2.84 bits per heavy atom. The summed E-state index contributed by atoms with van der Waals surface area (Å²) in [5, 5.41) is 1.87. The first-order chi connectivity index (χ1) is 9.11. The minimum atomic E-state index is -0.648. The van der Waals surface area contributed by atoms with Crippen LogP contribution in [0, 0.1) is 5.82 Å². The summed E-state index contributed by atoms with van der Waals surface area (Å²) in [6, 6.07) is 7.50. The molecule has 1 aromatic carbocycles. The van der Waals surface area contributed by atoms with Gasteiger partial charge in [-0.2, -0.15) is 0 Å². The van der Waals surface area contributed by atoms with Gasteiger partial charge in [0.15, 0.2) is 17.3 Å². The Hall–Kier alpha value is -1.72. The number of hydrogen-bond acceptors (Lipinski definition) is 4. The minimum absolute atomic E-state index is 0.111. The molecule has 0 aliphatic rings. The van der Waals surface area contributed by atoms with Gasteiger partial charge in [0.05, 0.1) is 13.2 Å². The van der Waals surface area contributed by atoms with E-state index in [2.05, 4.69) is 0 Å². The van der Waals surface area contributed by atoms with Crippen LogP contribution in [0.5, 0.6) is 5.75 Å². The fraction of sp³-hybridized carbons (Fsp3) is 0.214. The lowest BCUT2D eigenvalue weighted by molar-refractivity contribution is -0.119. The van der Waals surface area contributed by atoms with Gasteiger partial charge in [-0.3, -0.25) is 4.79 Å². The van der Waals surface area contributed by atoms with Crippen molar-refractivity contribution in [1.82, 2.24) is 0 Å². The van der Waals surface area contributed by atoms with Crippen LogP contribution in [0.2, 0.25) is 0 Å². The summed E-state index contributed by atoms with van der Waals surface area (Å²) in [5.41, 5.74) is 6.46. The van der Waals surface area contributed by atoms with E-state index in [1.807, 2.05) is 17.5 Å². The number of hydrogen-bond donors (Lipinski definition) is 1. The van der Waals surface area contributed by atoms with E-state index in [1.165, 1.54) is 30.6 Å². The summed E-state index contributed by atoms with van der Waals surface area (Å²) in [6.45, 7) is 0. The number of nitrogens with two attached hydrogens (primary N) is 1. The molecule has 1 atom stereocenters. The Morgan fingerprint density at radius 2 is 2.26 bits per heavy atom. The molecule has 1 heterocycles. The Bertz CT molecular complexity index is 569. The molecule has 0 saturated carbocycles. The molecule has 0 amide bonds. The maximum Gasteiger partial charge on any atom is 0.165 e. The van der Waals surface area contributed by atoms with Crippen molar-refractivity contribution in [2.45, 2.75) is 12.5 Å². The molecule has 1 aromatic heterocycles. The fourth-order valence-corrected chi connectivity index (χ4v) is 2.51. The van der Waals surface area contributed by atoms with Gasteiger partial charge in [0.25, 0.3) is 0 Å². The highest BCUT2D eigenvalue weighted by molar-refractivity contribution is 7.10. The van der Waals surface area contributed by atoms with Gasteiger partial charge in [-0.15, -0.1) is 11.3 Å². The van der Waals surface area contributed by atoms with E-state index in [4.69, 9.17) is 10.5 Å². The van der Waals surface area contributed by atoms with E-state index in [9.17, 15) is 9.18 Å². The van der Waals surface area contributed by atoms with Crippen molar-refractivity contribution in [3.8, 4) is 5.75 Å². The molecule has 0 saturated heterocycles. The lowest BCUT2D eigenvalue weighted by Gasteiger charge is -2.09. The second-order valence-corrected chi connectivity index (χ2v) is 5.08. The predicted molar refractivity (Wildman–Crippen MR) is 72.9 cm³/mol. The van der Waals surface area contributed by atoms with Crippen molar-refractivity contribution >= 4 is 17.1 Å². The standard InChI is InChI=1S/C14H14FNO2S/c1-18-12-5-4-9(7-10(12)15)8-11(17)14(16)13-3-2-6-19-13/h2-7,14H,8,16H2,1H3. The van der Waals surface area contributed by atoms with E-state index in [-0.39, 0.29) is 18.0 Å². The van der Waals surface area contributed by atoms with Crippen LogP contribution in [0.4, 0.5) is 4.39 Å². The number of Topliss-reactive ketones (excluding diaryl/α,β-unsaturated/α-hetero) is 1. The Balaban J connectivity index is 2.09. The number of rotatable bonds is 5. The zero-order valence-electron chi connectivity index (χ0n) is 10.4. The molecule has 3 nitrogen and oxygen atoms in total. The largest absolute Gasteiger partial charge is 0.494 e. The third-order valence-corrected chi connectivity index (χ3v) is 3.75.